The standard InChI is InChI=1S/C19H21N5O2/c1-4-16(25)24-14-7-5-6-12(8-14)13-9-15(18(21)22-10-13)17(20)19(26)23-11(2)3/h4-11,20H,1H2,2-3H3,(H2,21,22)(H,23,26)(H,24,25). The summed E-state index contributed by atoms with van der Waals surface area (Å²) in [6.45, 7) is 7.04. The van der Waals surface area contributed by atoms with E-state index in [2.05, 4.69) is 22.2 Å². The lowest BCUT2D eigenvalue weighted by molar-refractivity contribution is -0.115. The Balaban J connectivity index is 2.36. The Morgan fingerprint density at radius 3 is 2.65 bits per heavy atom. The molecule has 0 saturated heterocycles. The zero-order valence-corrected chi connectivity index (χ0v) is 14.7. The first kappa shape index (κ1) is 18.9. The van der Waals surface area contributed by atoms with E-state index in [1.165, 1.54) is 6.08 Å². The van der Waals surface area contributed by atoms with Crippen molar-refractivity contribution in [3.05, 3.63) is 54.7 Å². The van der Waals surface area contributed by atoms with Gasteiger partial charge in [-0.05, 0) is 43.7 Å². The minimum Gasteiger partial charge on any atom is -0.383 e. The van der Waals surface area contributed by atoms with Crippen molar-refractivity contribution in [3.8, 4) is 11.1 Å². The number of nitrogens with one attached hydrogen (secondary N) is 3. The molecule has 2 aromatic rings. The average molecular weight is 351 g/mol. The van der Waals surface area contributed by atoms with E-state index in [0.717, 1.165) is 5.56 Å². The summed E-state index contributed by atoms with van der Waals surface area (Å²) in [5.41, 5.74) is 7.88. The van der Waals surface area contributed by atoms with Crippen molar-refractivity contribution in [3.63, 3.8) is 0 Å². The number of amides is 2. The molecular weight excluding hydrogens is 330 g/mol. The van der Waals surface area contributed by atoms with Crippen LogP contribution in [-0.2, 0) is 9.59 Å². The topological polar surface area (TPSA) is 121 Å². The third-order valence-corrected chi connectivity index (χ3v) is 3.48. The van der Waals surface area contributed by atoms with E-state index in [0.29, 0.717) is 11.3 Å². The molecule has 0 radical (unpaired) electrons. The number of rotatable bonds is 6. The van der Waals surface area contributed by atoms with Gasteiger partial charge in [0.05, 0.1) is 0 Å². The fourth-order valence-corrected chi connectivity index (χ4v) is 2.26. The third-order valence-electron chi connectivity index (χ3n) is 3.48. The van der Waals surface area contributed by atoms with Gasteiger partial charge in [0, 0.05) is 29.1 Å². The first-order valence-electron chi connectivity index (χ1n) is 8.01. The molecule has 7 nitrogen and oxygen atoms in total. The minimum absolute atomic E-state index is 0.0923. The van der Waals surface area contributed by atoms with Crippen LogP contribution in [0.15, 0.2) is 49.2 Å². The average Bonchev–Trinajstić information content (AvgIpc) is 2.61. The van der Waals surface area contributed by atoms with Gasteiger partial charge < -0.3 is 16.4 Å². The quantitative estimate of drug-likeness (QED) is 0.471. The van der Waals surface area contributed by atoms with E-state index in [1.807, 2.05) is 19.9 Å². The lowest BCUT2D eigenvalue weighted by atomic mass is 10.0. The Morgan fingerprint density at radius 2 is 2.00 bits per heavy atom. The van der Waals surface area contributed by atoms with Crippen LogP contribution in [0.25, 0.3) is 11.1 Å². The van der Waals surface area contributed by atoms with Crippen LogP contribution in [0.3, 0.4) is 0 Å². The molecule has 0 saturated carbocycles. The monoisotopic (exact) mass is 351 g/mol. The fraction of sp³-hybridized carbons (Fsp3) is 0.158. The number of nitrogens with zero attached hydrogens (tertiary/aromatic N) is 1. The van der Waals surface area contributed by atoms with Crippen LogP contribution in [-0.4, -0.2) is 28.6 Å². The highest BCUT2D eigenvalue weighted by atomic mass is 16.2. The molecule has 0 aliphatic heterocycles. The minimum atomic E-state index is -0.516. The van der Waals surface area contributed by atoms with Crippen molar-refractivity contribution in [2.24, 2.45) is 0 Å². The number of carbonyl (C=O) groups is 2. The lowest BCUT2D eigenvalue weighted by Gasteiger charge is -2.12. The molecule has 7 heteroatoms. The Morgan fingerprint density at radius 1 is 1.27 bits per heavy atom. The number of nitrogen functional groups attached to an aromatic ring is 1. The van der Waals surface area contributed by atoms with Crippen molar-refractivity contribution >= 4 is 29.0 Å². The number of nitrogens with two attached hydrogens (primary N) is 1. The number of anilines is 2. The van der Waals surface area contributed by atoms with Gasteiger partial charge in [-0.2, -0.15) is 0 Å². The highest BCUT2D eigenvalue weighted by Gasteiger charge is 2.17. The first-order valence-corrected chi connectivity index (χ1v) is 8.01. The summed E-state index contributed by atoms with van der Waals surface area (Å²) in [7, 11) is 0. The van der Waals surface area contributed by atoms with Crippen LogP contribution in [0.2, 0.25) is 0 Å². The molecule has 26 heavy (non-hydrogen) atoms. The molecule has 0 aliphatic carbocycles. The predicted molar refractivity (Wildman–Crippen MR) is 103 cm³/mol. The van der Waals surface area contributed by atoms with E-state index in [-0.39, 0.29) is 29.0 Å². The van der Waals surface area contributed by atoms with Gasteiger partial charge in [0.15, 0.2) is 0 Å². The van der Waals surface area contributed by atoms with E-state index in [9.17, 15) is 9.59 Å². The van der Waals surface area contributed by atoms with Crippen molar-refractivity contribution in [2.75, 3.05) is 11.1 Å². The maximum atomic E-state index is 12.1. The highest BCUT2D eigenvalue weighted by molar-refractivity contribution is 6.45. The van der Waals surface area contributed by atoms with Crippen LogP contribution < -0.4 is 16.4 Å². The van der Waals surface area contributed by atoms with E-state index < -0.39 is 5.91 Å². The summed E-state index contributed by atoms with van der Waals surface area (Å²) >= 11 is 0. The van der Waals surface area contributed by atoms with Gasteiger partial charge >= 0.3 is 0 Å². The second-order valence-electron chi connectivity index (χ2n) is 5.93. The molecule has 0 atom stereocenters. The third kappa shape index (κ3) is 4.54. The molecule has 0 fully saturated rings. The lowest BCUT2D eigenvalue weighted by Crippen LogP contribution is -2.36. The predicted octanol–water partition coefficient (Wildman–Crippen LogP) is 2.35. The molecular formula is C19H21N5O2. The Hall–Kier alpha value is -3.48. The first-order chi connectivity index (χ1) is 12.3. The van der Waals surface area contributed by atoms with E-state index in [4.69, 9.17) is 11.1 Å². The number of pyridine rings is 1. The van der Waals surface area contributed by atoms with Gasteiger partial charge in [-0.3, -0.25) is 15.0 Å². The maximum absolute atomic E-state index is 12.1. The van der Waals surface area contributed by atoms with Crippen LogP contribution in [0.1, 0.15) is 19.4 Å². The van der Waals surface area contributed by atoms with Crippen molar-refractivity contribution in [1.29, 1.82) is 5.41 Å². The van der Waals surface area contributed by atoms with Crippen LogP contribution in [0.4, 0.5) is 11.5 Å². The second kappa shape index (κ2) is 8.06. The smallest absolute Gasteiger partial charge is 0.270 e. The Bertz CT molecular complexity index is 874. The number of hydrogen-bond donors (Lipinski definition) is 4. The second-order valence-corrected chi connectivity index (χ2v) is 5.93. The number of aromatic nitrogens is 1. The molecule has 1 aromatic heterocycles. The normalized spacial score (nSPS) is 10.3. The summed E-state index contributed by atoms with van der Waals surface area (Å²) in [5, 5.41) is 13.4. The van der Waals surface area contributed by atoms with Crippen LogP contribution >= 0.6 is 0 Å². The summed E-state index contributed by atoms with van der Waals surface area (Å²) < 4.78 is 0. The SMILES string of the molecule is C=CC(=O)Nc1cccc(-c2cnc(N)c(C(=N)C(=O)NC(C)C)c2)c1. The summed E-state index contributed by atoms with van der Waals surface area (Å²) in [6, 6.07) is 8.66. The zero-order valence-electron chi connectivity index (χ0n) is 14.7. The van der Waals surface area contributed by atoms with Gasteiger partial charge in [-0.1, -0.05) is 18.7 Å². The van der Waals surface area contributed by atoms with E-state index >= 15 is 0 Å². The van der Waals surface area contributed by atoms with Gasteiger partial charge in [0.2, 0.25) is 5.91 Å². The van der Waals surface area contributed by atoms with Crippen LogP contribution in [0, 0.1) is 5.41 Å². The van der Waals surface area contributed by atoms with Crippen molar-refractivity contribution < 1.29 is 9.59 Å². The molecule has 5 N–H and O–H groups in total. The van der Waals surface area contributed by atoms with Crippen molar-refractivity contribution in [2.45, 2.75) is 19.9 Å². The van der Waals surface area contributed by atoms with Gasteiger partial charge in [-0.15, -0.1) is 0 Å². The number of carbonyl (C=O) groups excluding carboxylic acids is 2. The van der Waals surface area contributed by atoms with Crippen LogP contribution in [0.5, 0.6) is 0 Å². The largest absolute Gasteiger partial charge is 0.383 e. The molecule has 2 amide bonds. The summed E-state index contributed by atoms with van der Waals surface area (Å²) in [4.78, 5) is 27.6. The maximum Gasteiger partial charge on any atom is 0.270 e. The molecule has 1 aromatic carbocycles. The molecule has 2 rings (SSSR count). The Kier molecular flexibility index (Phi) is 5.85. The van der Waals surface area contributed by atoms with Gasteiger partial charge in [0.1, 0.15) is 11.5 Å². The van der Waals surface area contributed by atoms with Crippen molar-refractivity contribution in [1.82, 2.24) is 10.3 Å². The fourth-order valence-electron chi connectivity index (χ4n) is 2.26. The molecule has 1 heterocycles. The molecule has 134 valence electrons. The van der Waals surface area contributed by atoms with E-state index in [1.54, 1.807) is 30.5 Å². The molecule has 0 bridgehead atoms. The molecule has 0 aliphatic rings. The Labute approximate surface area is 151 Å². The summed E-state index contributed by atoms with van der Waals surface area (Å²) in [6.07, 6.45) is 2.74. The number of hydrogen-bond acceptors (Lipinski definition) is 5. The van der Waals surface area contributed by atoms with Gasteiger partial charge in [-0.25, -0.2) is 4.98 Å². The van der Waals surface area contributed by atoms with Gasteiger partial charge in [0.25, 0.3) is 5.91 Å². The molecule has 0 unspecified atom stereocenters. The number of benzene rings is 1. The summed E-state index contributed by atoms with van der Waals surface area (Å²) in [5.74, 6) is -0.725. The highest BCUT2D eigenvalue weighted by Crippen LogP contribution is 2.25. The zero-order chi connectivity index (χ0) is 19.3. The molecule has 0 spiro atoms.